The van der Waals surface area contributed by atoms with E-state index in [-0.39, 0.29) is 5.69 Å². The molecular weight excluding hydrogens is 204 g/mol. The minimum absolute atomic E-state index is 0.290. The second kappa shape index (κ2) is 3.81. The van der Waals surface area contributed by atoms with Crippen LogP contribution in [0.15, 0.2) is 18.5 Å². The molecule has 0 fully saturated rings. The zero-order valence-electron chi connectivity index (χ0n) is 7.93. The lowest BCUT2D eigenvalue weighted by Crippen LogP contribution is -2.29. The molecule has 3 N–H and O–H groups in total. The van der Waals surface area contributed by atoms with E-state index >= 15 is 0 Å². The maximum Gasteiger partial charge on any atom is 0.301 e. The number of hydrogen-bond donors (Lipinski definition) is 2. The van der Waals surface area contributed by atoms with Crippen LogP contribution >= 0.6 is 0 Å². The van der Waals surface area contributed by atoms with E-state index < -0.39 is 10.2 Å². The molecule has 0 saturated carbocycles. The van der Waals surface area contributed by atoms with Gasteiger partial charge in [-0.1, -0.05) is 0 Å². The highest BCUT2D eigenvalue weighted by molar-refractivity contribution is 7.90. The average Bonchev–Trinajstić information content (AvgIpc) is 2.08. The second-order valence-electron chi connectivity index (χ2n) is 2.85. The Labute approximate surface area is 82.9 Å². The molecule has 1 rings (SSSR count). The third kappa shape index (κ3) is 2.33. The van der Waals surface area contributed by atoms with Gasteiger partial charge in [-0.3, -0.25) is 9.71 Å². The molecular formula is C7H12N4O2S. The Morgan fingerprint density at radius 3 is 2.64 bits per heavy atom. The fraction of sp³-hybridized carbons (Fsp3) is 0.286. The van der Waals surface area contributed by atoms with E-state index in [1.165, 1.54) is 32.6 Å². The van der Waals surface area contributed by atoms with E-state index in [0.717, 1.165) is 4.31 Å². The number of anilines is 2. The second-order valence-corrected chi connectivity index (χ2v) is 4.74. The minimum Gasteiger partial charge on any atom is -0.396 e. The fourth-order valence-electron chi connectivity index (χ4n) is 0.730. The Morgan fingerprint density at radius 2 is 2.14 bits per heavy atom. The average molecular weight is 216 g/mol. The van der Waals surface area contributed by atoms with Gasteiger partial charge in [0.25, 0.3) is 0 Å². The molecule has 0 aliphatic carbocycles. The summed E-state index contributed by atoms with van der Waals surface area (Å²) in [5.41, 5.74) is 6.14. The highest BCUT2D eigenvalue weighted by Gasteiger charge is 2.13. The summed E-state index contributed by atoms with van der Waals surface area (Å²) >= 11 is 0. The molecule has 0 bridgehead atoms. The topological polar surface area (TPSA) is 88.3 Å². The SMILES string of the molecule is CN(C)S(=O)(=O)Nc1ccncc1N. The predicted octanol–water partition coefficient (Wildman–Crippen LogP) is -0.118. The Hall–Kier alpha value is -1.34. The van der Waals surface area contributed by atoms with E-state index in [1.807, 2.05) is 0 Å². The number of hydrogen-bond acceptors (Lipinski definition) is 4. The largest absolute Gasteiger partial charge is 0.396 e. The maximum absolute atomic E-state index is 11.4. The molecule has 0 unspecified atom stereocenters. The van der Waals surface area contributed by atoms with Crippen molar-refractivity contribution in [2.45, 2.75) is 0 Å². The molecule has 0 aromatic carbocycles. The van der Waals surface area contributed by atoms with Crippen LogP contribution in [-0.4, -0.2) is 31.8 Å². The fourth-order valence-corrected chi connectivity index (χ4v) is 1.38. The van der Waals surface area contributed by atoms with Crippen molar-refractivity contribution < 1.29 is 8.42 Å². The molecule has 0 radical (unpaired) electrons. The zero-order valence-corrected chi connectivity index (χ0v) is 8.75. The summed E-state index contributed by atoms with van der Waals surface area (Å²) in [5.74, 6) is 0. The first-order valence-electron chi connectivity index (χ1n) is 3.83. The standard InChI is InChI=1S/C7H12N4O2S/c1-11(2)14(12,13)10-7-3-4-9-5-6(7)8/h3-5H,8H2,1-2H3,(H,9,10). The number of pyridine rings is 1. The number of rotatable bonds is 3. The van der Waals surface area contributed by atoms with Gasteiger partial charge in [0, 0.05) is 20.3 Å². The smallest absolute Gasteiger partial charge is 0.301 e. The van der Waals surface area contributed by atoms with E-state index in [2.05, 4.69) is 9.71 Å². The van der Waals surface area contributed by atoms with Gasteiger partial charge in [0.05, 0.1) is 17.6 Å². The minimum atomic E-state index is -3.50. The molecule has 1 aromatic rings. The molecule has 1 heterocycles. The number of nitrogens with zero attached hydrogens (tertiary/aromatic N) is 2. The normalized spacial score (nSPS) is 11.6. The molecule has 78 valence electrons. The van der Waals surface area contributed by atoms with Gasteiger partial charge in [-0.05, 0) is 6.07 Å². The number of nitrogens with two attached hydrogens (primary N) is 1. The first-order chi connectivity index (χ1) is 6.43. The monoisotopic (exact) mass is 216 g/mol. The summed E-state index contributed by atoms with van der Waals surface area (Å²) in [6.45, 7) is 0. The predicted molar refractivity (Wildman–Crippen MR) is 54.9 cm³/mol. The summed E-state index contributed by atoms with van der Waals surface area (Å²) in [7, 11) is -0.638. The Morgan fingerprint density at radius 1 is 1.50 bits per heavy atom. The molecule has 7 heteroatoms. The van der Waals surface area contributed by atoms with E-state index in [1.54, 1.807) is 0 Å². The Balaban J connectivity index is 2.96. The van der Waals surface area contributed by atoms with E-state index in [9.17, 15) is 8.42 Å². The molecule has 0 saturated heterocycles. The van der Waals surface area contributed by atoms with Crippen LogP contribution in [0.3, 0.4) is 0 Å². The summed E-state index contributed by atoms with van der Waals surface area (Å²) in [6, 6.07) is 1.50. The van der Waals surface area contributed by atoms with Crippen molar-refractivity contribution in [3.8, 4) is 0 Å². The van der Waals surface area contributed by atoms with Crippen molar-refractivity contribution in [3.05, 3.63) is 18.5 Å². The molecule has 1 aromatic heterocycles. The molecule has 14 heavy (non-hydrogen) atoms. The van der Waals surface area contributed by atoms with Gasteiger partial charge >= 0.3 is 10.2 Å². The highest BCUT2D eigenvalue weighted by Crippen LogP contribution is 2.17. The molecule has 0 aliphatic heterocycles. The van der Waals surface area contributed by atoms with Gasteiger partial charge in [-0.25, -0.2) is 0 Å². The van der Waals surface area contributed by atoms with Crippen molar-refractivity contribution >= 4 is 21.6 Å². The quantitative estimate of drug-likeness (QED) is 0.737. The van der Waals surface area contributed by atoms with Crippen LogP contribution in [0.4, 0.5) is 11.4 Å². The molecule has 0 aliphatic rings. The van der Waals surface area contributed by atoms with Crippen LogP contribution in [0.25, 0.3) is 0 Å². The van der Waals surface area contributed by atoms with Gasteiger partial charge in [0.2, 0.25) is 0 Å². The van der Waals surface area contributed by atoms with Crippen molar-refractivity contribution in [2.24, 2.45) is 0 Å². The van der Waals surface area contributed by atoms with Crippen LogP contribution in [0.1, 0.15) is 0 Å². The summed E-state index contributed by atoms with van der Waals surface area (Å²) in [6.07, 6.45) is 2.84. The Bertz CT molecular complexity index is 415. The number of nitrogens with one attached hydrogen (secondary N) is 1. The third-order valence-corrected chi connectivity index (χ3v) is 3.01. The molecule has 0 spiro atoms. The van der Waals surface area contributed by atoms with Gasteiger partial charge in [-0.15, -0.1) is 0 Å². The van der Waals surface area contributed by atoms with Gasteiger partial charge < -0.3 is 5.73 Å². The Kier molecular flexibility index (Phi) is 2.92. The first kappa shape index (κ1) is 10.7. The lowest BCUT2D eigenvalue weighted by Gasteiger charge is -2.14. The van der Waals surface area contributed by atoms with Crippen LogP contribution in [-0.2, 0) is 10.2 Å². The lowest BCUT2D eigenvalue weighted by atomic mass is 10.4. The van der Waals surface area contributed by atoms with Crippen molar-refractivity contribution in [2.75, 3.05) is 24.6 Å². The van der Waals surface area contributed by atoms with Gasteiger partial charge in [0.15, 0.2) is 0 Å². The molecule has 6 nitrogen and oxygen atoms in total. The van der Waals surface area contributed by atoms with Crippen LogP contribution in [0, 0.1) is 0 Å². The van der Waals surface area contributed by atoms with Crippen molar-refractivity contribution in [1.29, 1.82) is 0 Å². The van der Waals surface area contributed by atoms with Crippen molar-refractivity contribution in [3.63, 3.8) is 0 Å². The van der Waals surface area contributed by atoms with Gasteiger partial charge in [0.1, 0.15) is 0 Å². The van der Waals surface area contributed by atoms with Gasteiger partial charge in [-0.2, -0.15) is 12.7 Å². The zero-order chi connectivity index (χ0) is 10.8. The first-order valence-corrected chi connectivity index (χ1v) is 5.27. The summed E-state index contributed by atoms with van der Waals surface area (Å²) < 4.78 is 26.2. The summed E-state index contributed by atoms with van der Waals surface area (Å²) in [5, 5.41) is 0. The maximum atomic E-state index is 11.4. The van der Waals surface area contributed by atoms with E-state index in [4.69, 9.17) is 5.73 Å². The lowest BCUT2D eigenvalue weighted by molar-refractivity contribution is 0.527. The van der Waals surface area contributed by atoms with Crippen LogP contribution in [0.5, 0.6) is 0 Å². The molecule has 0 atom stereocenters. The van der Waals surface area contributed by atoms with E-state index in [0.29, 0.717) is 5.69 Å². The molecule has 0 amide bonds. The number of aromatic nitrogens is 1. The van der Waals surface area contributed by atoms with Crippen LogP contribution < -0.4 is 10.5 Å². The highest BCUT2D eigenvalue weighted by atomic mass is 32.2. The van der Waals surface area contributed by atoms with Crippen LogP contribution in [0.2, 0.25) is 0 Å². The third-order valence-electron chi connectivity index (χ3n) is 1.57. The number of nitrogen functional groups attached to an aromatic ring is 1. The summed E-state index contributed by atoms with van der Waals surface area (Å²) in [4.78, 5) is 3.75. The van der Waals surface area contributed by atoms with Crippen molar-refractivity contribution in [1.82, 2.24) is 9.29 Å².